The van der Waals surface area contributed by atoms with E-state index in [2.05, 4.69) is 0 Å². The molecule has 0 bridgehead atoms. The Kier molecular flexibility index (Phi) is 6.62. The van der Waals surface area contributed by atoms with Crippen LogP contribution in [0.5, 0.6) is 11.5 Å². The Labute approximate surface area is 172 Å². The van der Waals surface area contributed by atoms with Crippen LogP contribution < -0.4 is 9.47 Å². The van der Waals surface area contributed by atoms with Gasteiger partial charge in [0.1, 0.15) is 0 Å². The molecule has 156 valence electrons. The number of nitrogens with zero attached hydrogens (tertiary/aromatic N) is 1. The second-order valence-corrected chi connectivity index (χ2v) is 7.32. The Balaban J connectivity index is 2.02. The number of carbonyl (C=O) groups excluding carboxylic acids is 2. The van der Waals surface area contributed by atoms with Crippen LogP contribution in [-0.4, -0.2) is 43.6 Å². The summed E-state index contributed by atoms with van der Waals surface area (Å²) >= 11 is 0. The van der Waals surface area contributed by atoms with Crippen molar-refractivity contribution in [2.24, 2.45) is 0 Å². The highest BCUT2D eigenvalue weighted by atomic mass is 16.5. The summed E-state index contributed by atoms with van der Waals surface area (Å²) in [7, 11) is 2.91. The number of benzene rings is 1. The van der Waals surface area contributed by atoms with Crippen LogP contribution in [-0.2, 0) is 14.3 Å². The normalized spacial score (nSPS) is 19.1. The van der Waals surface area contributed by atoms with E-state index >= 15 is 0 Å². The van der Waals surface area contributed by atoms with Crippen LogP contribution in [0.3, 0.4) is 0 Å². The Morgan fingerprint density at radius 2 is 1.90 bits per heavy atom. The third-order valence-electron chi connectivity index (χ3n) is 5.57. The van der Waals surface area contributed by atoms with Gasteiger partial charge in [0.05, 0.1) is 32.0 Å². The zero-order valence-electron chi connectivity index (χ0n) is 17.6. The molecule has 0 saturated heterocycles. The summed E-state index contributed by atoms with van der Waals surface area (Å²) in [5.41, 5.74) is 2.15. The average Bonchev–Trinajstić information content (AvgIpc) is 2.98. The van der Waals surface area contributed by atoms with E-state index in [1.807, 2.05) is 19.9 Å². The minimum atomic E-state index is -0.488. The monoisotopic (exact) mass is 399 g/mol. The fourth-order valence-corrected chi connectivity index (χ4v) is 4.19. The lowest BCUT2D eigenvalue weighted by Gasteiger charge is -2.32. The molecule has 1 aromatic rings. The van der Waals surface area contributed by atoms with E-state index < -0.39 is 5.97 Å². The van der Waals surface area contributed by atoms with Crippen molar-refractivity contribution >= 4 is 18.0 Å². The molecule has 1 aromatic carbocycles. The minimum absolute atomic E-state index is 0.136. The maximum atomic E-state index is 13.3. The first-order valence-electron chi connectivity index (χ1n) is 10.2. The molecule has 1 saturated carbocycles. The zero-order valence-corrected chi connectivity index (χ0v) is 17.6. The summed E-state index contributed by atoms with van der Waals surface area (Å²) in [5, 5.41) is 0. The fourth-order valence-electron chi connectivity index (χ4n) is 4.19. The van der Waals surface area contributed by atoms with Gasteiger partial charge in [0.2, 0.25) is 0 Å². The van der Waals surface area contributed by atoms with Crippen LogP contribution in [0.15, 0.2) is 35.0 Å². The number of hydrogen-bond donors (Lipinski definition) is 0. The first-order chi connectivity index (χ1) is 14.0. The average molecular weight is 399 g/mol. The van der Waals surface area contributed by atoms with Crippen molar-refractivity contribution in [1.82, 2.24) is 4.90 Å². The quantitative estimate of drug-likeness (QED) is 0.532. The van der Waals surface area contributed by atoms with Crippen molar-refractivity contribution in [2.45, 2.75) is 52.0 Å². The molecule has 1 aliphatic carbocycles. The highest BCUT2D eigenvalue weighted by molar-refractivity contribution is 6.16. The molecule has 1 heterocycles. The third-order valence-corrected chi connectivity index (χ3v) is 5.57. The third kappa shape index (κ3) is 4.16. The number of carbonyl (C=O) groups is 2. The van der Waals surface area contributed by atoms with Crippen molar-refractivity contribution in [2.75, 3.05) is 20.8 Å². The summed E-state index contributed by atoms with van der Waals surface area (Å²) in [6.45, 7) is 4.26. The van der Waals surface area contributed by atoms with Crippen LogP contribution in [0.25, 0.3) is 6.08 Å². The first kappa shape index (κ1) is 21.0. The Bertz CT molecular complexity index is 849. The van der Waals surface area contributed by atoms with Gasteiger partial charge >= 0.3 is 5.97 Å². The van der Waals surface area contributed by atoms with Crippen molar-refractivity contribution in [3.63, 3.8) is 0 Å². The largest absolute Gasteiger partial charge is 0.493 e. The number of rotatable bonds is 6. The number of allylic oxidation sites excluding steroid dienone is 1. The van der Waals surface area contributed by atoms with Gasteiger partial charge in [-0.3, -0.25) is 4.79 Å². The highest BCUT2D eigenvalue weighted by Crippen LogP contribution is 2.37. The molecule has 1 aliphatic heterocycles. The van der Waals surface area contributed by atoms with Gasteiger partial charge in [0, 0.05) is 11.7 Å². The molecule has 0 spiro atoms. The van der Waals surface area contributed by atoms with Crippen LogP contribution in [0.4, 0.5) is 0 Å². The smallest absolute Gasteiger partial charge is 0.340 e. The molecule has 1 amide bonds. The molecule has 0 unspecified atom stereocenters. The van der Waals surface area contributed by atoms with Crippen molar-refractivity contribution in [3.05, 3.63) is 40.6 Å². The summed E-state index contributed by atoms with van der Waals surface area (Å²) in [5.74, 6) is 0.593. The molecular weight excluding hydrogens is 370 g/mol. The molecular formula is C23H29NO5. The second-order valence-electron chi connectivity index (χ2n) is 7.32. The summed E-state index contributed by atoms with van der Waals surface area (Å²) in [4.78, 5) is 27.6. The number of esters is 1. The van der Waals surface area contributed by atoms with Gasteiger partial charge < -0.3 is 19.1 Å². The van der Waals surface area contributed by atoms with Gasteiger partial charge in [-0.2, -0.15) is 0 Å². The van der Waals surface area contributed by atoms with Gasteiger partial charge in [-0.1, -0.05) is 25.3 Å². The Morgan fingerprint density at radius 1 is 1.17 bits per heavy atom. The number of hydrogen-bond acceptors (Lipinski definition) is 5. The van der Waals surface area contributed by atoms with E-state index in [9.17, 15) is 9.59 Å². The van der Waals surface area contributed by atoms with Crippen LogP contribution in [0.1, 0.15) is 51.5 Å². The number of ether oxygens (including phenoxy) is 3. The summed E-state index contributed by atoms with van der Waals surface area (Å²) in [6, 6.07) is 5.60. The van der Waals surface area contributed by atoms with Crippen molar-refractivity contribution in [3.8, 4) is 11.5 Å². The summed E-state index contributed by atoms with van der Waals surface area (Å²) < 4.78 is 16.0. The number of amides is 1. The molecule has 3 rings (SSSR count). The van der Waals surface area contributed by atoms with Gasteiger partial charge in [-0.25, -0.2) is 4.79 Å². The van der Waals surface area contributed by atoms with Crippen molar-refractivity contribution < 1.29 is 23.8 Å². The van der Waals surface area contributed by atoms with E-state index in [0.29, 0.717) is 34.9 Å². The second kappa shape index (κ2) is 9.16. The molecule has 6 nitrogen and oxygen atoms in total. The van der Waals surface area contributed by atoms with Gasteiger partial charge in [0.15, 0.2) is 11.5 Å². The van der Waals surface area contributed by atoms with Crippen molar-refractivity contribution in [1.29, 1.82) is 0 Å². The van der Waals surface area contributed by atoms with Crippen LogP contribution in [0, 0.1) is 0 Å². The number of methoxy groups -OCH3 is 2. The molecule has 6 heteroatoms. The molecule has 2 aliphatic rings. The van der Waals surface area contributed by atoms with Gasteiger partial charge in [-0.05, 0) is 50.5 Å². The standard InChI is InChI=1S/C23H29NO5/c1-5-29-19-12-11-16(14-20(19)27-3)13-18-21(23(26)28-4)15(2)24(22(18)25)17-9-7-6-8-10-17/h11-14,17H,5-10H2,1-4H3/b18-13-. The lowest BCUT2D eigenvalue weighted by molar-refractivity contribution is -0.136. The van der Waals surface area contributed by atoms with E-state index in [1.165, 1.54) is 13.5 Å². The predicted molar refractivity (Wildman–Crippen MR) is 111 cm³/mol. The fraction of sp³-hybridized carbons (Fsp3) is 0.478. The molecule has 1 fully saturated rings. The summed E-state index contributed by atoms with van der Waals surface area (Å²) in [6.07, 6.45) is 7.05. The maximum absolute atomic E-state index is 13.3. The predicted octanol–water partition coefficient (Wildman–Crippen LogP) is 4.10. The zero-order chi connectivity index (χ0) is 21.0. The lowest BCUT2D eigenvalue weighted by Crippen LogP contribution is -2.37. The molecule has 0 aromatic heterocycles. The molecule has 0 atom stereocenters. The van der Waals surface area contributed by atoms with Gasteiger partial charge in [-0.15, -0.1) is 0 Å². The maximum Gasteiger partial charge on any atom is 0.340 e. The van der Waals surface area contributed by atoms with Crippen LogP contribution in [0.2, 0.25) is 0 Å². The Hall–Kier alpha value is -2.76. The van der Waals surface area contributed by atoms with E-state index in [4.69, 9.17) is 14.2 Å². The molecule has 0 radical (unpaired) electrons. The van der Waals surface area contributed by atoms with Gasteiger partial charge in [0.25, 0.3) is 5.91 Å². The topological polar surface area (TPSA) is 65.1 Å². The molecule has 0 N–H and O–H groups in total. The van der Waals surface area contributed by atoms with E-state index in [1.54, 1.807) is 30.2 Å². The molecule has 29 heavy (non-hydrogen) atoms. The van der Waals surface area contributed by atoms with E-state index in [0.717, 1.165) is 31.2 Å². The first-order valence-corrected chi connectivity index (χ1v) is 10.2. The highest BCUT2D eigenvalue weighted by Gasteiger charge is 2.40. The lowest BCUT2D eigenvalue weighted by atomic mass is 9.94. The SMILES string of the molecule is CCOc1ccc(/C=C2\C(=O)N(C3CCCCC3)C(C)=C2C(=O)OC)cc1OC. The van der Waals surface area contributed by atoms with E-state index in [-0.39, 0.29) is 11.9 Å². The Morgan fingerprint density at radius 3 is 2.52 bits per heavy atom. The minimum Gasteiger partial charge on any atom is -0.493 e. The van der Waals surface area contributed by atoms with Crippen LogP contribution >= 0.6 is 0 Å².